The Kier molecular flexibility index (Phi) is 6.77. The maximum atomic E-state index is 12.9. The molecule has 0 saturated carbocycles. The molecule has 2 saturated heterocycles. The zero-order valence-electron chi connectivity index (χ0n) is 18.5. The van der Waals surface area contributed by atoms with E-state index in [1.807, 2.05) is 24.0 Å². The number of ether oxygens (including phenoxy) is 1. The van der Waals surface area contributed by atoms with Crippen molar-refractivity contribution in [2.75, 3.05) is 45.1 Å². The summed E-state index contributed by atoms with van der Waals surface area (Å²) in [5.74, 6) is 1.25. The fourth-order valence-electron chi connectivity index (χ4n) is 4.27. The van der Waals surface area contributed by atoms with Crippen LogP contribution in [-0.2, 0) is 9.53 Å². The molecular weight excluding hydrogens is 392 g/mol. The predicted octanol–water partition coefficient (Wildman–Crippen LogP) is 2.45. The van der Waals surface area contributed by atoms with Gasteiger partial charge in [0.05, 0.1) is 18.8 Å². The molecule has 2 aliphatic heterocycles. The van der Waals surface area contributed by atoms with Gasteiger partial charge in [-0.15, -0.1) is 0 Å². The first-order chi connectivity index (χ1) is 15.0. The van der Waals surface area contributed by atoms with Crippen molar-refractivity contribution in [3.63, 3.8) is 0 Å². The van der Waals surface area contributed by atoms with E-state index in [4.69, 9.17) is 10.5 Å². The van der Waals surface area contributed by atoms with Crippen molar-refractivity contribution in [2.45, 2.75) is 39.2 Å². The number of nitrogens with two attached hydrogens (primary N) is 1. The fraction of sp³-hybridized carbons (Fsp3) is 0.565. The van der Waals surface area contributed by atoms with Gasteiger partial charge in [0.15, 0.2) is 0 Å². The average Bonchev–Trinajstić information content (AvgIpc) is 2.78. The summed E-state index contributed by atoms with van der Waals surface area (Å²) < 4.78 is 6.00. The van der Waals surface area contributed by atoms with Gasteiger partial charge in [-0.25, -0.2) is 9.97 Å². The molecule has 2 aliphatic rings. The van der Waals surface area contributed by atoms with Gasteiger partial charge in [-0.1, -0.05) is 6.92 Å². The zero-order valence-corrected chi connectivity index (χ0v) is 18.5. The third-order valence-electron chi connectivity index (χ3n) is 6.25. The van der Waals surface area contributed by atoms with E-state index >= 15 is 0 Å². The van der Waals surface area contributed by atoms with Crippen molar-refractivity contribution in [3.8, 4) is 11.1 Å². The summed E-state index contributed by atoms with van der Waals surface area (Å²) >= 11 is 0. The molecule has 0 radical (unpaired) electrons. The van der Waals surface area contributed by atoms with Crippen LogP contribution in [0.3, 0.4) is 0 Å². The Balaban J connectivity index is 1.40. The van der Waals surface area contributed by atoms with Crippen LogP contribution < -0.4 is 5.73 Å². The van der Waals surface area contributed by atoms with Crippen LogP contribution in [0.5, 0.6) is 0 Å². The van der Waals surface area contributed by atoms with E-state index in [1.165, 1.54) is 12.8 Å². The van der Waals surface area contributed by atoms with Gasteiger partial charge in [0.1, 0.15) is 6.10 Å². The highest BCUT2D eigenvalue weighted by Crippen LogP contribution is 2.27. The number of nitrogen functional groups attached to an aromatic ring is 1. The van der Waals surface area contributed by atoms with Crippen molar-refractivity contribution in [3.05, 3.63) is 35.9 Å². The second kappa shape index (κ2) is 9.70. The number of piperidine rings is 1. The van der Waals surface area contributed by atoms with E-state index in [0.717, 1.165) is 48.1 Å². The van der Waals surface area contributed by atoms with E-state index in [-0.39, 0.29) is 18.0 Å². The van der Waals surface area contributed by atoms with Gasteiger partial charge < -0.3 is 20.3 Å². The van der Waals surface area contributed by atoms with E-state index in [9.17, 15) is 4.79 Å². The largest absolute Gasteiger partial charge is 0.368 e. The Morgan fingerprint density at radius 2 is 1.90 bits per heavy atom. The number of hydrogen-bond donors (Lipinski definition) is 1. The lowest BCUT2D eigenvalue weighted by atomic mass is 9.99. The van der Waals surface area contributed by atoms with E-state index in [1.54, 1.807) is 12.4 Å². The number of aromatic nitrogens is 3. The van der Waals surface area contributed by atoms with Crippen molar-refractivity contribution in [1.29, 1.82) is 0 Å². The quantitative estimate of drug-likeness (QED) is 0.787. The minimum absolute atomic E-state index is 0.201. The van der Waals surface area contributed by atoms with Crippen molar-refractivity contribution in [1.82, 2.24) is 24.8 Å². The zero-order chi connectivity index (χ0) is 21.8. The average molecular weight is 425 g/mol. The monoisotopic (exact) mass is 424 g/mol. The first-order valence-electron chi connectivity index (χ1n) is 11.2. The summed E-state index contributed by atoms with van der Waals surface area (Å²) in [6, 6.07) is 3.99. The van der Waals surface area contributed by atoms with Crippen LogP contribution in [-0.4, -0.2) is 70.0 Å². The molecule has 1 atom stereocenters. The molecule has 166 valence electrons. The number of aryl methyl sites for hydroxylation is 1. The summed E-state index contributed by atoms with van der Waals surface area (Å²) in [5.41, 5.74) is 9.16. The molecule has 8 heteroatoms. The highest BCUT2D eigenvalue weighted by molar-refractivity contribution is 5.76. The molecule has 1 amide bonds. The number of carbonyl (C=O) groups excluding carboxylic acids is 1. The maximum absolute atomic E-state index is 12.9. The minimum Gasteiger partial charge on any atom is -0.368 e. The Labute approximate surface area is 183 Å². The second-order valence-electron chi connectivity index (χ2n) is 8.73. The number of anilines is 1. The molecule has 4 rings (SSSR count). The number of amides is 1. The van der Waals surface area contributed by atoms with Crippen LogP contribution in [0.25, 0.3) is 11.1 Å². The standard InChI is InChI=1S/C23H32N6O2/c1-16-3-6-28(7-4-16)8-5-22(30)29-9-10-31-21(15-29)20-12-18(11-17(2)27-20)19-13-25-23(24)26-14-19/h11-14,16,21H,3-10,15H2,1-2H3,(H2,24,25,26)/t21-/m1/s1. The molecule has 31 heavy (non-hydrogen) atoms. The molecule has 2 fully saturated rings. The number of carbonyl (C=O) groups is 1. The van der Waals surface area contributed by atoms with Gasteiger partial charge in [-0.05, 0) is 56.5 Å². The summed E-state index contributed by atoms with van der Waals surface area (Å²) in [6.07, 6.45) is 6.21. The number of hydrogen-bond acceptors (Lipinski definition) is 7. The van der Waals surface area contributed by atoms with Crippen LogP contribution in [0, 0.1) is 12.8 Å². The number of likely N-dealkylation sites (tertiary alicyclic amines) is 1. The first kappa shape index (κ1) is 21.6. The highest BCUT2D eigenvalue weighted by Gasteiger charge is 2.27. The SMILES string of the molecule is Cc1cc(-c2cnc(N)nc2)cc([C@H]2CN(C(=O)CCN3CCC(C)CC3)CCO2)n1. The topological polar surface area (TPSA) is 97.5 Å². The Bertz CT molecular complexity index is 895. The van der Waals surface area contributed by atoms with Gasteiger partial charge >= 0.3 is 0 Å². The fourth-order valence-corrected chi connectivity index (χ4v) is 4.27. The predicted molar refractivity (Wildman–Crippen MR) is 119 cm³/mol. The molecule has 0 aliphatic carbocycles. The van der Waals surface area contributed by atoms with Gasteiger partial charge in [0.2, 0.25) is 11.9 Å². The molecular formula is C23H32N6O2. The van der Waals surface area contributed by atoms with Gasteiger partial charge in [0, 0.05) is 43.2 Å². The normalized spacial score (nSPS) is 20.7. The van der Waals surface area contributed by atoms with E-state index < -0.39 is 0 Å². The molecule has 2 aromatic heterocycles. The van der Waals surface area contributed by atoms with Crippen molar-refractivity contribution < 1.29 is 9.53 Å². The lowest BCUT2D eigenvalue weighted by Crippen LogP contribution is -2.44. The molecule has 2 N–H and O–H groups in total. The highest BCUT2D eigenvalue weighted by atomic mass is 16.5. The second-order valence-corrected chi connectivity index (χ2v) is 8.73. The van der Waals surface area contributed by atoms with Crippen LogP contribution in [0.15, 0.2) is 24.5 Å². The number of nitrogens with zero attached hydrogens (tertiary/aromatic N) is 5. The molecule has 0 aromatic carbocycles. The minimum atomic E-state index is -0.234. The van der Waals surface area contributed by atoms with E-state index in [0.29, 0.717) is 26.1 Å². The first-order valence-corrected chi connectivity index (χ1v) is 11.2. The molecule has 4 heterocycles. The van der Waals surface area contributed by atoms with Gasteiger partial charge in [-0.3, -0.25) is 9.78 Å². The molecule has 8 nitrogen and oxygen atoms in total. The third-order valence-corrected chi connectivity index (χ3v) is 6.25. The van der Waals surface area contributed by atoms with Crippen molar-refractivity contribution >= 4 is 11.9 Å². The summed E-state index contributed by atoms with van der Waals surface area (Å²) in [4.78, 5) is 30.1. The summed E-state index contributed by atoms with van der Waals surface area (Å²) in [6.45, 7) is 9.00. The number of pyridine rings is 1. The van der Waals surface area contributed by atoms with Gasteiger partial charge in [0.25, 0.3) is 0 Å². The summed E-state index contributed by atoms with van der Waals surface area (Å²) in [5, 5.41) is 0. The molecule has 0 unspecified atom stereocenters. The van der Waals surface area contributed by atoms with Crippen LogP contribution in [0.4, 0.5) is 5.95 Å². The summed E-state index contributed by atoms with van der Waals surface area (Å²) in [7, 11) is 0. The third kappa shape index (κ3) is 5.57. The van der Waals surface area contributed by atoms with Crippen LogP contribution in [0.1, 0.15) is 43.7 Å². The Hall–Kier alpha value is -2.58. The molecule has 2 aromatic rings. The smallest absolute Gasteiger partial charge is 0.224 e. The Morgan fingerprint density at radius 1 is 1.16 bits per heavy atom. The molecule has 0 spiro atoms. The lowest BCUT2D eigenvalue weighted by molar-refractivity contribution is -0.139. The number of rotatable bonds is 5. The van der Waals surface area contributed by atoms with Crippen molar-refractivity contribution in [2.24, 2.45) is 5.92 Å². The Morgan fingerprint density at radius 3 is 2.65 bits per heavy atom. The van der Waals surface area contributed by atoms with Crippen LogP contribution in [0.2, 0.25) is 0 Å². The number of morpholine rings is 1. The molecule has 0 bridgehead atoms. The van der Waals surface area contributed by atoms with Crippen LogP contribution >= 0.6 is 0 Å². The lowest BCUT2D eigenvalue weighted by Gasteiger charge is -2.34. The maximum Gasteiger partial charge on any atom is 0.224 e. The van der Waals surface area contributed by atoms with Gasteiger partial charge in [-0.2, -0.15) is 0 Å². The van der Waals surface area contributed by atoms with E-state index in [2.05, 4.69) is 26.8 Å².